The second kappa shape index (κ2) is 4.97. The van der Waals surface area contributed by atoms with Gasteiger partial charge in [0, 0.05) is 17.8 Å². The van der Waals surface area contributed by atoms with Gasteiger partial charge in [-0.3, -0.25) is 4.98 Å². The molecule has 0 amide bonds. The first-order valence-corrected chi connectivity index (χ1v) is 7.00. The quantitative estimate of drug-likeness (QED) is 0.715. The van der Waals surface area contributed by atoms with Crippen LogP contribution in [0.3, 0.4) is 0 Å². The molecule has 0 spiro atoms. The van der Waals surface area contributed by atoms with Gasteiger partial charge in [-0.05, 0) is 47.8 Å². The Bertz CT molecular complexity index is 360. The lowest BCUT2D eigenvalue weighted by atomic mass is 9.76. The summed E-state index contributed by atoms with van der Waals surface area (Å²) >= 11 is 6.74. The fourth-order valence-electron chi connectivity index (χ4n) is 3.14. The van der Waals surface area contributed by atoms with Gasteiger partial charge >= 0.3 is 0 Å². The van der Waals surface area contributed by atoms with Crippen LogP contribution in [0.4, 0.5) is 0 Å². The molecule has 2 rings (SSSR count). The first-order chi connectivity index (χ1) is 8.02. The molecule has 1 fully saturated rings. The summed E-state index contributed by atoms with van der Waals surface area (Å²) in [5, 5.41) is 0.231. The minimum absolute atomic E-state index is 0.231. The van der Waals surface area contributed by atoms with Crippen LogP contribution in [0, 0.1) is 11.3 Å². The van der Waals surface area contributed by atoms with Gasteiger partial charge in [0.25, 0.3) is 0 Å². The molecule has 2 heteroatoms. The van der Waals surface area contributed by atoms with E-state index in [0.29, 0.717) is 17.3 Å². The maximum atomic E-state index is 6.74. The fourth-order valence-corrected chi connectivity index (χ4v) is 3.76. The lowest BCUT2D eigenvalue weighted by molar-refractivity contribution is 0.240. The summed E-state index contributed by atoms with van der Waals surface area (Å²) in [5.41, 5.74) is 1.70. The van der Waals surface area contributed by atoms with Crippen LogP contribution in [0.5, 0.6) is 0 Å². The normalized spacial score (nSPS) is 26.7. The zero-order valence-corrected chi connectivity index (χ0v) is 11.7. The number of nitrogens with zero attached hydrogens (tertiary/aromatic N) is 1. The second-order valence-electron chi connectivity index (χ2n) is 6.00. The number of alkyl halides is 1. The molecule has 17 heavy (non-hydrogen) atoms. The summed E-state index contributed by atoms with van der Waals surface area (Å²) in [5.74, 6) is 1.04. The number of rotatable bonds is 3. The first kappa shape index (κ1) is 12.9. The molecule has 1 heterocycles. The summed E-state index contributed by atoms with van der Waals surface area (Å²) in [4.78, 5) is 4.07. The molecule has 1 nitrogen and oxygen atoms in total. The molecule has 0 bridgehead atoms. The molecule has 0 N–H and O–H groups in total. The maximum Gasteiger partial charge on any atom is 0.0435 e. The predicted octanol–water partition coefficient (Wildman–Crippen LogP) is 4.62. The standard InChI is InChI=1S/C15H22ClN/c1-11(12-6-9-17-10-7-12)14(16)13-5-4-8-15(13,2)3/h6-7,9-11,13-14H,4-5,8H2,1-3H3. The van der Waals surface area contributed by atoms with Gasteiger partial charge < -0.3 is 0 Å². The minimum Gasteiger partial charge on any atom is -0.265 e. The lowest BCUT2D eigenvalue weighted by Crippen LogP contribution is -2.29. The van der Waals surface area contributed by atoms with Crippen LogP contribution in [0.25, 0.3) is 0 Å². The summed E-state index contributed by atoms with van der Waals surface area (Å²) in [6.45, 7) is 6.96. The highest BCUT2D eigenvalue weighted by Crippen LogP contribution is 2.48. The van der Waals surface area contributed by atoms with Crippen molar-refractivity contribution in [1.29, 1.82) is 0 Å². The third-order valence-corrected chi connectivity index (χ3v) is 5.12. The number of hydrogen-bond acceptors (Lipinski definition) is 1. The van der Waals surface area contributed by atoms with Gasteiger partial charge in [-0.2, -0.15) is 0 Å². The smallest absolute Gasteiger partial charge is 0.0435 e. The fraction of sp³-hybridized carbons (Fsp3) is 0.667. The Balaban J connectivity index is 2.12. The summed E-state index contributed by atoms with van der Waals surface area (Å²) in [6, 6.07) is 4.17. The molecule has 3 atom stereocenters. The molecule has 0 aliphatic heterocycles. The Labute approximate surface area is 110 Å². The average Bonchev–Trinajstić information content (AvgIpc) is 2.68. The van der Waals surface area contributed by atoms with E-state index in [1.54, 1.807) is 0 Å². The Morgan fingerprint density at radius 2 is 2.00 bits per heavy atom. The zero-order chi connectivity index (χ0) is 12.5. The van der Waals surface area contributed by atoms with Gasteiger partial charge in [0.05, 0.1) is 0 Å². The molecule has 94 valence electrons. The monoisotopic (exact) mass is 251 g/mol. The molecule has 0 aromatic carbocycles. The van der Waals surface area contributed by atoms with E-state index in [0.717, 1.165) is 0 Å². The van der Waals surface area contributed by atoms with Crippen LogP contribution < -0.4 is 0 Å². The Hall–Kier alpha value is -0.560. The first-order valence-electron chi connectivity index (χ1n) is 6.56. The van der Waals surface area contributed by atoms with E-state index >= 15 is 0 Å². The summed E-state index contributed by atoms with van der Waals surface area (Å²) < 4.78 is 0. The van der Waals surface area contributed by atoms with Gasteiger partial charge in [-0.1, -0.05) is 27.2 Å². The highest BCUT2D eigenvalue weighted by atomic mass is 35.5. The second-order valence-corrected chi connectivity index (χ2v) is 6.50. The van der Waals surface area contributed by atoms with Crippen LogP contribution in [0.15, 0.2) is 24.5 Å². The van der Waals surface area contributed by atoms with E-state index < -0.39 is 0 Å². The third kappa shape index (κ3) is 2.65. The van der Waals surface area contributed by atoms with Crippen molar-refractivity contribution in [3.8, 4) is 0 Å². The Morgan fingerprint density at radius 1 is 1.35 bits per heavy atom. The molecule has 1 aliphatic carbocycles. The topological polar surface area (TPSA) is 12.9 Å². The van der Waals surface area contributed by atoms with Crippen molar-refractivity contribution in [2.75, 3.05) is 0 Å². The van der Waals surface area contributed by atoms with Gasteiger partial charge in [-0.25, -0.2) is 0 Å². The summed E-state index contributed by atoms with van der Waals surface area (Å²) in [7, 11) is 0. The van der Waals surface area contributed by atoms with Crippen LogP contribution in [-0.4, -0.2) is 10.4 Å². The van der Waals surface area contributed by atoms with E-state index in [2.05, 4.69) is 37.9 Å². The van der Waals surface area contributed by atoms with E-state index in [1.165, 1.54) is 24.8 Å². The van der Waals surface area contributed by atoms with E-state index in [4.69, 9.17) is 11.6 Å². The molecule has 1 aliphatic rings. The van der Waals surface area contributed by atoms with Crippen molar-refractivity contribution in [3.63, 3.8) is 0 Å². The minimum atomic E-state index is 0.231. The van der Waals surface area contributed by atoms with Crippen molar-refractivity contribution in [3.05, 3.63) is 30.1 Å². The Kier molecular flexibility index (Phi) is 3.77. The molecular formula is C15H22ClN. The Morgan fingerprint density at radius 3 is 2.53 bits per heavy atom. The van der Waals surface area contributed by atoms with Crippen LogP contribution in [-0.2, 0) is 0 Å². The molecule has 1 saturated carbocycles. The van der Waals surface area contributed by atoms with Gasteiger partial charge in [-0.15, -0.1) is 11.6 Å². The van der Waals surface area contributed by atoms with Crippen molar-refractivity contribution in [2.24, 2.45) is 11.3 Å². The number of pyridine rings is 1. The highest BCUT2D eigenvalue weighted by molar-refractivity contribution is 6.21. The van der Waals surface area contributed by atoms with Gasteiger partial charge in [0.2, 0.25) is 0 Å². The van der Waals surface area contributed by atoms with Crippen molar-refractivity contribution < 1.29 is 0 Å². The number of halogens is 1. The lowest BCUT2D eigenvalue weighted by Gasteiger charge is -2.34. The molecule has 1 aromatic heterocycles. The van der Waals surface area contributed by atoms with Crippen LogP contribution in [0.2, 0.25) is 0 Å². The molecule has 1 aromatic rings. The third-order valence-electron chi connectivity index (χ3n) is 4.43. The highest BCUT2D eigenvalue weighted by Gasteiger charge is 2.40. The molecule has 3 unspecified atom stereocenters. The average molecular weight is 252 g/mol. The van der Waals surface area contributed by atoms with Crippen molar-refractivity contribution >= 4 is 11.6 Å². The van der Waals surface area contributed by atoms with Gasteiger partial charge in [0.1, 0.15) is 0 Å². The van der Waals surface area contributed by atoms with Crippen molar-refractivity contribution in [2.45, 2.75) is 51.3 Å². The zero-order valence-electron chi connectivity index (χ0n) is 11.0. The maximum absolute atomic E-state index is 6.74. The number of aromatic nitrogens is 1. The van der Waals surface area contributed by atoms with Crippen LogP contribution >= 0.6 is 11.6 Å². The van der Waals surface area contributed by atoms with Crippen LogP contribution in [0.1, 0.15) is 51.5 Å². The summed E-state index contributed by atoms with van der Waals surface area (Å²) in [6.07, 6.45) is 7.62. The van der Waals surface area contributed by atoms with E-state index in [9.17, 15) is 0 Å². The molecule has 0 saturated heterocycles. The molecular weight excluding hydrogens is 230 g/mol. The van der Waals surface area contributed by atoms with E-state index in [-0.39, 0.29) is 5.38 Å². The SMILES string of the molecule is CC(c1ccncc1)C(Cl)C1CCCC1(C)C. The molecule has 0 radical (unpaired) electrons. The van der Waals surface area contributed by atoms with Crippen molar-refractivity contribution in [1.82, 2.24) is 4.98 Å². The van der Waals surface area contributed by atoms with E-state index in [1.807, 2.05) is 12.4 Å². The van der Waals surface area contributed by atoms with Gasteiger partial charge in [0.15, 0.2) is 0 Å². The predicted molar refractivity (Wildman–Crippen MR) is 73.4 cm³/mol. The number of hydrogen-bond donors (Lipinski definition) is 0. The largest absolute Gasteiger partial charge is 0.265 e.